The van der Waals surface area contributed by atoms with Gasteiger partial charge in [0.2, 0.25) is 11.6 Å². The third-order valence-corrected chi connectivity index (χ3v) is 2.73. The first kappa shape index (κ1) is 17.2. The molecule has 0 radical (unpaired) electrons. The summed E-state index contributed by atoms with van der Waals surface area (Å²) in [6.07, 6.45) is 0.259. The van der Waals surface area contributed by atoms with Crippen LogP contribution < -0.4 is 10.5 Å². The third-order valence-electron chi connectivity index (χ3n) is 2.53. The van der Waals surface area contributed by atoms with Gasteiger partial charge < -0.3 is 15.4 Å². The van der Waals surface area contributed by atoms with Crippen LogP contribution in [0.15, 0.2) is 6.07 Å². The molecule has 0 atom stereocenters. The number of halogens is 4. The molecule has 1 aromatic rings. The quantitative estimate of drug-likeness (QED) is 0.492. The molecule has 0 aliphatic carbocycles. The van der Waals surface area contributed by atoms with E-state index in [1.807, 2.05) is 0 Å². The molecule has 0 spiro atoms. The summed E-state index contributed by atoms with van der Waals surface area (Å²) < 4.78 is 57.0. The lowest BCUT2D eigenvalue weighted by Crippen LogP contribution is -2.34. The number of benzene rings is 1. The van der Waals surface area contributed by atoms with Crippen molar-refractivity contribution in [3.05, 3.63) is 29.3 Å². The number of thiocarbonyl (C=S) groups is 1. The Labute approximate surface area is 123 Å². The van der Waals surface area contributed by atoms with Crippen LogP contribution in [0.3, 0.4) is 0 Å². The average molecular weight is 324 g/mol. The highest BCUT2D eigenvalue weighted by molar-refractivity contribution is 7.80. The number of amides is 1. The van der Waals surface area contributed by atoms with E-state index in [0.29, 0.717) is 0 Å². The second-order valence-electron chi connectivity index (χ2n) is 4.12. The first-order chi connectivity index (χ1) is 9.73. The highest BCUT2D eigenvalue weighted by atomic mass is 32.1. The molecule has 0 saturated carbocycles. The van der Waals surface area contributed by atoms with Crippen LogP contribution in [0.1, 0.15) is 6.42 Å². The van der Waals surface area contributed by atoms with Gasteiger partial charge in [0.05, 0.1) is 4.99 Å². The molecular formula is C12H12F4N2O2S. The number of rotatable bonds is 6. The molecule has 2 N–H and O–H groups in total. The van der Waals surface area contributed by atoms with Crippen LogP contribution in [0.25, 0.3) is 0 Å². The molecule has 0 aliphatic heterocycles. The second-order valence-corrected chi connectivity index (χ2v) is 4.64. The number of carbonyl (C=O) groups excluding carboxylic acids is 1. The van der Waals surface area contributed by atoms with Crippen molar-refractivity contribution in [3.63, 3.8) is 0 Å². The van der Waals surface area contributed by atoms with Crippen LogP contribution in [0.2, 0.25) is 0 Å². The van der Waals surface area contributed by atoms with Gasteiger partial charge in [-0.05, 0) is 0 Å². The van der Waals surface area contributed by atoms with Crippen LogP contribution in [-0.2, 0) is 4.79 Å². The van der Waals surface area contributed by atoms with Crippen LogP contribution >= 0.6 is 12.2 Å². The minimum absolute atomic E-state index is 0.0493. The van der Waals surface area contributed by atoms with E-state index < -0.39 is 41.5 Å². The monoisotopic (exact) mass is 324 g/mol. The summed E-state index contributed by atoms with van der Waals surface area (Å²) in [7, 11) is 1.39. The van der Waals surface area contributed by atoms with Gasteiger partial charge in [0, 0.05) is 26.1 Å². The summed E-state index contributed by atoms with van der Waals surface area (Å²) in [6.45, 7) is -0.607. The van der Waals surface area contributed by atoms with Gasteiger partial charge in [-0.3, -0.25) is 4.79 Å². The third kappa shape index (κ3) is 4.55. The van der Waals surface area contributed by atoms with Crippen molar-refractivity contribution in [1.29, 1.82) is 0 Å². The maximum absolute atomic E-state index is 13.3. The van der Waals surface area contributed by atoms with E-state index >= 15 is 0 Å². The highest BCUT2D eigenvalue weighted by Crippen LogP contribution is 2.26. The number of ether oxygens (including phenoxy) is 1. The lowest BCUT2D eigenvalue weighted by atomic mass is 10.3. The van der Waals surface area contributed by atoms with Gasteiger partial charge in [-0.1, -0.05) is 12.2 Å². The Bertz CT molecular complexity index is 542. The molecule has 1 rings (SSSR count). The van der Waals surface area contributed by atoms with Crippen LogP contribution in [0, 0.1) is 23.3 Å². The van der Waals surface area contributed by atoms with Crippen LogP contribution in [0.4, 0.5) is 17.6 Å². The fourth-order valence-electron chi connectivity index (χ4n) is 1.32. The van der Waals surface area contributed by atoms with Gasteiger partial charge in [-0.2, -0.15) is 8.78 Å². The molecule has 0 saturated heterocycles. The summed E-state index contributed by atoms with van der Waals surface area (Å²) in [5, 5.41) is 0. The zero-order chi connectivity index (χ0) is 16.2. The molecule has 1 aromatic carbocycles. The van der Waals surface area contributed by atoms with Gasteiger partial charge in [-0.25, -0.2) is 8.78 Å². The predicted octanol–water partition coefficient (Wildman–Crippen LogP) is 1.76. The normalized spacial score (nSPS) is 10.3. The molecule has 0 heterocycles. The van der Waals surface area contributed by atoms with Crippen LogP contribution in [-0.4, -0.2) is 36.0 Å². The fourth-order valence-corrected chi connectivity index (χ4v) is 1.42. The molecule has 1 amide bonds. The summed E-state index contributed by atoms with van der Waals surface area (Å²) in [4.78, 5) is 13.0. The highest BCUT2D eigenvalue weighted by Gasteiger charge is 2.22. The predicted molar refractivity (Wildman–Crippen MR) is 70.8 cm³/mol. The topological polar surface area (TPSA) is 55.6 Å². The summed E-state index contributed by atoms with van der Waals surface area (Å²) in [5.41, 5.74) is 5.26. The van der Waals surface area contributed by atoms with E-state index in [4.69, 9.17) is 5.73 Å². The number of carbonyl (C=O) groups is 1. The number of hydrogen-bond acceptors (Lipinski definition) is 3. The van der Waals surface area contributed by atoms with Crippen molar-refractivity contribution < 1.29 is 27.1 Å². The Balaban J connectivity index is 2.71. The molecule has 116 valence electrons. The Hall–Kier alpha value is -1.90. The number of hydrogen-bond donors (Lipinski definition) is 1. The zero-order valence-corrected chi connectivity index (χ0v) is 11.8. The van der Waals surface area contributed by atoms with E-state index in [1.54, 1.807) is 0 Å². The first-order valence-electron chi connectivity index (χ1n) is 5.72. The van der Waals surface area contributed by atoms with Crippen molar-refractivity contribution in [2.45, 2.75) is 6.42 Å². The number of nitrogens with zero attached hydrogens (tertiary/aromatic N) is 1. The zero-order valence-electron chi connectivity index (χ0n) is 11.0. The van der Waals surface area contributed by atoms with Gasteiger partial charge in [-0.15, -0.1) is 0 Å². The molecule has 4 nitrogen and oxygen atoms in total. The summed E-state index contributed by atoms with van der Waals surface area (Å²) >= 11 is 4.63. The van der Waals surface area contributed by atoms with E-state index in [2.05, 4.69) is 17.0 Å². The van der Waals surface area contributed by atoms with E-state index in [9.17, 15) is 22.4 Å². The lowest BCUT2D eigenvalue weighted by molar-refractivity contribution is -0.132. The van der Waals surface area contributed by atoms with Gasteiger partial charge in [0.1, 0.15) is 0 Å². The maximum atomic E-state index is 13.3. The first-order valence-corrected chi connectivity index (χ1v) is 6.13. The molecular weight excluding hydrogens is 312 g/mol. The molecule has 0 fully saturated rings. The minimum Gasteiger partial charge on any atom is -0.477 e. The van der Waals surface area contributed by atoms with Crippen LogP contribution in [0.5, 0.6) is 5.75 Å². The Kier molecular flexibility index (Phi) is 5.89. The van der Waals surface area contributed by atoms with E-state index in [-0.39, 0.29) is 24.0 Å². The van der Waals surface area contributed by atoms with Gasteiger partial charge in [0.15, 0.2) is 24.0 Å². The van der Waals surface area contributed by atoms with Crippen molar-refractivity contribution in [2.24, 2.45) is 5.73 Å². The van der Waals surface area contributed by atoms with Crippen molar-refractivity contribution in [2.75, 3.05) is 20.2 Å². The van der Waals surface area contributed by atoms with Gasteiger partial charge in [0.25, 0.3) is 5.91 Å². The molecule has 0 aromatic heterocycles. The van der Waals surface area contributed by atoms with E-state index in [0.717, 1.165) is 4.90 Å². The minimum atomic E-state index is -1.70. The van der Waals surface area contributed by atoms with Crippen molar-refractivity contribution in [1.82, 2.24) is 4.90 Å². The number of likely N-dealkylation sites (N-methyl/N-ethyl adjacent to an activating group) is 1. The lowest BCUT2D eigenvalue weighted by Gasteiger charge is -2.17. The molecule has 0 aliphatic rings. The smallest absolute Gasteiger partial charge is 0.260 e. The number of nitrogens with two attached hydrogens (primary N) is 1. The van der Waals surface area contributed by atoms with E-state index in [1.165, 1.54) is 7.05 Å². The standard InChI is InChI=1S/C12H12F4N2O2S/c1-18(3-2-8(17)21)9(19)5-20-12-10(15)6(13)4-7(14)11(12)16/h4H,2-3,5H2,1H3,(H2,17,21). The van der Waals surface area contributed by atoms with Crippen molar-refractivity contribution >= 4 is 23.1 Å². The Morgan fingerprint density at radius 1 is 1.29 bits per heavy atom. The summed E-state index contributed by atoms with van der Waals surface area (Å²) in [6, 6.07) is 0.0493. The SMILES string of the molecule is CN(CCC(N)=S)C(=O)COc1c(F)c(F)cc(F)c1F. The van der Waals surface area contributed by atoms with Gasteiger partial charge >= 0.3 is 0 Å². The fraction of sp³-hybridized carbons (Fsp3) is 0.333. The second kappa shape index (κ2) is 7.21. The Morgan fingerprint density at radius 2 is 1.81 bits per heavy atom. The molecule has 0 unspecified atom stereocenters. The average Bonchev–Trinajstić information content (AvgIpc) is 2.42. The summed E-state index contributed by atoms with van der Waals surface area (Å²) in [5.74, 6) is -8.56. The maximum Gasteiger partial charge on any atom is 0.260 e. The largest absolute Gasteiger partial charge is 0.477 e. The molecule has 21 heavy (non-hydrogen) atoms. The molecule has 9 heteroatoms. The molecule has 0 bridgehead atoms. The van der Waals surface area contributed by atoms with Crippen molar-refractivity contribution in [3.8, 4) is 5.75 Å². The Morgan fingerprint density at radius 3 is 2.29 bits per heavy atom.